The van der Waals surface area contributed by atoms with Crippen molar-refractivity contribution in [3.63, 3.8) is 0 Å². The summed E-state index contributed by atoms with van der Waals surface area (Å²) in [5, 5.41) is 1.03. The minimum Gasteiger partial charge on any atom is -0.779 e. The maximum absolute atomic E-state index is 5.22. The van der Waals surface area contributed by atoms with E-state index in [4.69, 9.17) is 17.4 Å². The number of hydrogen-bond donors (Lipinski definition) is 0. The summed E-state index contributed by atoms with van der Waals surface area (Å²) in [5.41, 5.74) is 2.07. The van der Waals surface area contributed by atoms with Crippen molar-refractivity contribution >= 4 is 23.5 Å². The van der Waals surface area contributed by atoms with Gasteiger partial charge in [-0.1, -0.05) is 12.1 Å². The summed E-state index contributed by atoms with van der Waals surface area (Å²) in [6.07, 6.45) is 1.74. The Bertz CT molecular complexity index is 461. The molecule has 0 aliphatic heterocycles. The van der Waals surface area contributed by atoms with Crippen LogP contribution in [0.15, 0.2) is 35.4 Å². The van der Waals surface area contributed by atoms with Crippen LogP contribution in [0.3, 0.4) is 0 Å². The molecule has 0 spiro atoms. The van der Waals surface area contributed by atoms with Gasteiger partial charge in [-0.2, -0.15) is 4.90 Å². The molecule has 1 aromatic carbocycles. The number of aromatic nitrogens is 1. The molecule has 0 amide bonds. The van der Waals surface area contributed by atoms with Gasteiger partial charge in [0, 0.05) is 13.3 Å². The summed E-state index contributed by atoms with van der Waals surface area (Å²) in [5.74, 6) is 0. The van der Waals surface area contributed by atoms with Crippen molar-refractivity contribution < 1.29 is 34.3 Å². The van der Waals surface area contributed by atoms with Gasteiger partial charge in [0.2, 0.25) is 0 Å². The number of pyridine rings is 1. The minimum atomic E-state index is 0. The van der Waals surface area contributed by atoms with E-state index in [9.17, 15) is 0 Å². The summed E-state index contributed by atoms with van der Waals surface area (Å²) in [6.45, 7) is 0.611. The number of hydrogen-bond acceptors (Lipinski definition) is 3. The van der Waals surface area contributed by atoms with Crippen molar-refractivity contribution in [1.29, 1.82) is 0 Å². The Morgan fingerprint density at radius 3 is 2.87 bits per heavy atom. The van der Waals surface area contributed by atoms with E-state index in [0.29, 0.717) is 6.61 Å². The van der Waals surface area contributed by atoms with Crippen LogP contribution in [-0.2, 0) is 24.0 Å². The molecule has 0 aliphatic carbocycles. The summed E-state index contributed by atoms with van der Waals surface area (Å²) >= 11 is 5.22. The van der Waals surface area contributed by atoms with Crippen LogP contribution in [0.4, 0.5) is 0 Å². The van der Waals surface area contributed by atoms with Crippen molar-refractivity contribution in [2.75, 3.05) is 7.11 Å². The molecule has 0 saturated carbocycles. The van der Waals surface area contributed by atoms with Crippen LogP contribution < -0.4 is 29.6 Å². The minimum absolute atomic E-state index is 0. The van der Waals surface area contributed by atoms with Gasteiger partial charge >= 0.3 is 29.6 Å². The fourth-order valence-corrected chi connectivity index (χ4v) is 1.65. The third-order valence-electron chi connectivity index (χ3n) is 2.08. The van der Waals surface area contributed by atoms with Gasteiger partial charge in [-0.15, -0.1) is 0 Å². The Morgan fingerprint density at radius 2 is 2.13 bits per heavy atom. The van der Waals surface area contributed by atoms with Gasteiger partial charge in [0.15, 0.2) is 0 Å². The summed E-state index contributed by atoms with van der Waals surface area (Å²) in [4.78, 5) is 5.08. The molecule has 2 rings (SSSR count). The van der Waals surface area contributed by atoms with E-state index in [-0.39, 0.29) is 29.6 Å². The Morgan fingerprint density at radius 1 is 1.33 bits per heavy atom. The van der Waals surface area contributed by atoms with Gasteiger partial charge in [-0.05, 0) is 23.1 Å². The number of benzene rings is 1. The topological polar surface area (TPSA) is 22.1 Å². The number of ether oxygens (including phenoxy) is 1. The van der Waals surface area contributed by atoms with Gasteiger partial charge in [0.1, 0.15) is 0 Å². The second-order valence-corrected chi connectivity index (χ2v) is 3.53. The Kier molecular flexibility index (Phi) is 4.96. The number of nitrogens with zero attached hydrogens (tertiary/aromatic N) is 1. The third kappa shape index (κ3) is 2.89. The van der Waals surface area contributed by atoms with Crippen LogP contribution in [0.25, 0.3) is 10.9 Å². The molecule has 0 aliphatic rings. The summed E-state index contributed by atoms with van der Waals surface area (Å²) < 4.78 is 5.06. The zero-order valence-electron chi connectivity index (χ0n) is 8.86. The van der Waals surface area contributed by atoms with Gasteiger partial charge < -0.3 is 17.4 Å². The quantitative estimate of drug-likeness (QED) is 0.500. The first-order chi connectivity index (χ1) is 6.81. The monoisotopic (exact) mass is 227 g/mol. The number of methoxy groups -OCH3 is 1. The molecule has 0 unspecified atom stereocenters. The van der Waals surface area contributed by atoms with Crippen LogP contribution in [-0.4, -0.2) is 12.1 Å². The molecule has 0 saturated heterocycles. The molecule has 0 N–H and O–H groups in total. The predicted octanol–water partition coefficient (Wildman–Crippen LogP) is -0.709. The Balaban J connectivity index is 0.00000112. The largest absolute Gasteiger partial charge is 1.00 e. The summed E-state index contributed by atoms with van der Waals surface area (Å²) in [6, 6.07) is 7.86. The van der Waals surface area contributed by atoms with Crippen molar-refractivity contribution in [2.45, 2.75) is 11.5 Å². The van der Waals surface area contributed by atoms with Crippen molar-refractivity contribution in [3.05, 3.63) is 36.0 Å². The average Bonchev–Trinajstić information content (AvgIpc) is 2.20. The van der Waals surface area contributed by atoms with Gasteiger partial charge in [0.25, 0.3) is 0 Å². The van der Waals surface area contributed by atoms with Gasteiger partial charge in [-0.3, -0.25) is 4.98 Å². The molecule has 4 heteroatoms. The van der Waals surface area contributed by atoms with Crippen LogP contribution in [0.2, 0.25) is 0 Å². The first-order valence-electron chi connectivity index (χ1n) is 4.35. The molecule has 15 heavy (non-hydrogen) atoms. The average molecular weight is 227 g/mol. The fourth-order valence-electron chi connectivity index (χ4n) is 1.42. The first-order valence-corrected chi connectivity index (χ1v) is 4.75. The third-order valence-corrected chi connectivity index (χ3v) is 2.43. The Labute approximate surface area is 117 Å². The normalized spacial score (nSPS) is 9.93. The maximum Gasteiger partial charge on any atom is 1.00 e. The van der Waals surface area contributed by atoms with Crippen molar-refractivity contribution in [2.24, 2.45) is 0 Å². The second kappa shape index (κ2) is 5.77. The van der Waals surface area contributed by atoms with Gasteiger partial charge in [0.05, 0.1) is 12.1 Å². The molecule has 2 nitrogen and oxygen atoms in total. The van der Waals surface area contributed by atoms with Crippen molar-refractivity contribution in [3.8, 4) is 0 Å². The van der Waals surface area contributed by atoms with E-state index in [1.807, 2.05) is 24.3 Å². The second-order valence-electron chi connectivity index (χ2n) is 3.09. The molecule has 0 fully saturated rings. The molecule has 0 atom stereocenters. The van der Waals surface area contributed by atoms with E-state index >= 15 is 0 Å². The first kappa shape index (κ1) is 12.9. The molecule has 0 radical (unpaired) electrons. The smallest absolute Gasteiger partial charge is 0.779 e. The fraction of sp³-hybridized carbons (Fsp3) is 0.182. The number of fused-ring (bicyclic) bond motifs is 1. The van der Waals surface area contributed by atoms with E-state index in [2.05, 4.69) is 4.98 Å². The van der Waals surface area contributed by atoms with Gasteiger partial charge in [-0.25, -0.2) is 0 Å². The van der Waals surface area contributed by atoms with E-state index in [0.717, 1.165) is 21.4 Å². The number of rotatable bonds is 2. The molecular formula is C11H10NNaOS. The Hall–Kier alpha value is -0.190. The molecule has 1 heterocycles. The standard InChI is InChI=1S/C11H11NOS.Na/c1-13-7-8-2-3-10-9(6-8)11(14)4-5-12-10;/h2-6H,7H2,1H3,(H,12,14);/q;+1/p-1. The van der Waals surface area contributed by atoms with Crippen molar-refractivity contribution in [1.82, 2.24) is 4.98 Å². The van der Waals surface area contributed by atoms with Crippen LogP contribution >= 0.6 is 0 Å². The van der Waals surface area contributed by atoms with E-state index in [1.165, 1.54) is 0 Å². The van der Waals surface area contributed by atoms with Crippen LogP contribution in [0.5, 0.6) is 0 Å². The SMILES string of the molecule is COCc1ccc2nccc([S-])c2c1.[Na+]. The molecule has 1 aromatic heterocycles. The molecule has 2 aromatic rings. The molecular weight excluding hydrogens is 217 g/mol. The van der Waals surface area contributed by atoms with E-state index < -0.39 is 0 Å². The zero-order chi connectivity index (χ0) is 9.97. The zero-order valence-corrected chi connectivity index (χ0v) is 11.7. The van der Waals surface area contributed by atoms with Crippen LogP contribution in [0, 0.1) is 0 Å². The summed E-state index contributed by atoms with van der Waals surface area (Å²) in [7, 11) is 1.68. The predicted molar refractivity (Wildman–Crippen MR) is 58.1 cm³/mol. The molecule has 0 bridgehead atoms. The van der Waals surface area contributed by atoms with E-state index in [1.54, 1.807) is 13.3 Å². The molecule has 72 valence electrons. The maximum atomic E-state index is 5.22. The van der Waals surface area contributed by atoms with Crippen LogP contribution in [0.1, 0.15) is 5.56 Å².